The van der Waals surface area contributed by atoms with Gasteiger partial charge in [0.15, 0.2) is 0 Å². The number of hydrogen-bond acceptors (Lipinski definition) is 4. The van der Waals surface area contributed by atoms with Gasteiger partial charge in [0, 0.05) is 30.5 Å². The van der Waals surface area contributed by atoms with Crippen molar-refractivity contribution in [3.8, 4) is 11.5 Å². The van der Waals surface area contributed by atoms with Crippen LogP contribution in [-0.4, -0.2) is 41.5 Å². The van der Waals surface area contributed by atoms with E-state index in [2.05, 4.69) is 17.2 Å². The first-order valence-electron chi connectivity index (χ1n) is 9.08. The highest BCUT2D eigenvalue weighted by molar-refractivity contribution is 6.32. The molecule has 5 nitrogen and oxygen atoms in total. The molecular weight excluding hydrogens is 350 g/mol. The summed E-state index contributed by atoms with van der Waals surface area (Å²) in [5.74, 6) is 1.22. The van der Waals surface area contributed by atoms with Crippen molar-refractivity contribution < 1.29 is 9.53 Å². The standard InChI is InChI=1S/C20H24ClN3O2/c1-2-13-24(16-5-9-22-10-6-16)20(25)15-3-4-19(18(21)14-15)26-17-7-11-23-12-8-17/h3-4,7-8,11-12,14,16,22H,2,5-6,9-10,13H2,1H3. The van der Waals surface area contributed by atoms with Crippen molar-refractivity contribution in [3.05, 3.63) is 53.3 Å². The Morgan fingerprint density at radius 1 is 1.27 bits per heavy atom. The first-order chi connectivity index (χ1) is 12.7. The predicted octanol–water partition coefficient (Wildman–Crippen LogP) is 4.13. The lowest BCUT2D eigenvalue weighted by molar-refractivity contribution is 0.0642. The molecule has 1 amide bonds. The summed E-state index contributed by atoms with van der Waals surface area (Å²) in [5.41, 5.74) is 0.601. The van der Waals surface area contributed by atoms with Gasteiger partial charge in [-0.2, -0.15) is 0 Å². The lowest BCUT2D eigenvalue weighted by Crippen LogP contribution is -2.46. The van der Waals surface area contributed by atoms with Crippen LogP contribution in [0, 0.1) is 0 Å². The van der Waals surface area contributed by atoms with E-state index < -0.39 is 0 Å². The number of ether oxygens (including phenoxy) is 1. The summed E-state index contributed by atoms with van der Waals surface area (Å²) in [7, 11) is 0. The van der Waals surface area contributed by atoms with Crippen LogP contribution in [0.1, 0.15) is 36.5 Å². The van der Waals surface area contributed by atoms with Gasteiger partial charge in [-0.05, 0) is 62.7 Å². The molecule has 26 heavy (non-hydrogen) atoms. The second-order valence-electron chi connectivity index (χ2n) is 6.41. The number of nitrogens with zero attached hydrogens (tertiary/aromatic N) is 2. The van der Waals surface area contributed by atoms with Crippen LogP contribution in [0.15, 0.2) is 42.7 Å². The van der Waals surface area contributed by atoms with Crippen molar-refractivity contribution in [2.24, 2.45) is 0 Å². The van der Waals surface area contributed by atoms with Gasteiger partial charge in [-0.3, -0.25) is 9.78 Å². The Hall–Kier alpha value is -2.11. The average molecular weight is 374 g/mol. The van der Waals surface area contributed by atoms with E-state index in [0.29, 0.717) is 22.1 Å². The number of nitrogens with one attached hydrogen (secondary N) is 1. The van der Waals surface area contributed by atoms with Crippen LogP contribution in [0.25, 0.3) is 0 Å². The van der Waals surface area contributed by atoms with Crippen LogP contribution in [0.2, 0.25) is 5.02 Å². The number of hydrogen-bond donors (Lipinski definition) is 1. The maximum absolute atomic E-state index is 13.1. The Balaban J connectivity index is 1.76. The molecule has 2 aromatic rings. The molecule has 3 rings (SSSR count). The zero-order chi connectivity index (χ0) is 18.4. The monoisotopic (exact) mass is 373 g/mol. The molecule has 1 fully saturated rings. The lowest BCUT2D eigenvalue weighted by Gasteiger charge is -2.34. The second kappa shape index (κ2) is 9.01. The first kappa shape index (κ1) is 18.7. The Kier molecular flexibility index (Phi) is 6.47. The maximum atomic E-state index is 13.1. The highest BCUT2D eigenvalue weighted by Gasteiger charge is 2.26. The Bertz CT molecular complexity index is 733. The molecule has 0 saturated carbocycles. The van der Waals surface area contributed by atoms with Gasteiger partial charge in [-0.25, -0.2) is 0 Å². The number of rotatable bonds is 6. The fourth-order valence-corrected chi connectivity index (χ4v) is 3.44. The summed E-state index contributed by atoms with van der Waals surface area (Å²) < 4.78 is 5.76. The average Bonchev–Trinajstić information content (AvgIpc) is 2.68. The molecular formula is C20H24ClN3O2. The summed E-state index contributed by atoms with van der Waals surface area (Å²) in [4.78, 5) is 19.0. The third-order valence-corrected chi connectivity index (χ3v) is 4.83. The van der Waals surface area contributed by atoms with Crippen LogP contribution in [-0.2, 0) is 0 Å². The normalized spacial score (nSPS) is 14.8. The van der Waals surface area contributed by atoms with Crippen LogP contribution < -0.4 is 10.1 Å². The van der Waals surface area contributed by atoms with E-state index >= 15 is 0 Å². The molecule has 0 spiro atoms. The molecule has 138 valence electrons. The summed E-state index contributed by atoms with van der Waals surface area (Å²) >= 11 is 6.37. The summed E-state index contributed by atoms with van der Waals surface area (Å²) in [5, 5.41) is 3.78. The van der Waals surface area contributed by atoms with Gasteiger partial charge in [0.1, 0.15) is 11.5 Å². The van der Waals surface area contributed by atoms with Crippen molar-refractivity contribution in [1.29, 1.82) is 0 Å². The largest absolute Gasteiger partial charge is 0.456 e. The Morgan fingerprint density at radius 3 is 2.65 bits per heavy atom. The number of pyridine rings is 1. The minimum atomic E-state index is 0.0381. The van der Waals surface area contributed by atoms with E-state index in [9.17, 15) is 4.79 Å². The molecule has 1 aliphatic heterocycles. The smallest absolute Gasteiger partial charge is 0.254 e. The number of carbonyl (C=O) groups is 1. The lowest BCUT2D eigenvalue weighted by atomic mass is 10.0. The van der Waals surface area contributed by atoms with Gasteiger partial charge < -0.3 is 15.0 Å². The molecule has 2 heterocycles. The molecule has 1 N–H and O–H groups in total. The topological polar surface area (TPSA) is 54.5 Å². The Morgan fingerprint density at radius 2 is 2.00 bits per heavy atom. The predicted molar refractivity (Wildman–Crippen MR) is 103 cm³/mol. The van der Waals surface area contributed by atoms with Gasteiger partial charge in [-0.1, -0.05) is 18.5 Å². The molecule has 0 unspecified atom stereocenters. The minimum Gasteiger partial charge on any atom is -0.456 e. The third-order valence-electron chi connectivity index (χ3n) is 4.53. The quantitative estimate of drug-likeness (QED) is 0.827. The number of benzene rings is 1. The van der Waals surface area contributed by atoms with Crippen molar-refractivity contribution in [3.63, 3.8) is 0 Å². The number of piperidine rings is 1. The van der Waals surface area contributed by atoms with Crippen LogP contribution in [0.4, 0.5) is 0 Å². The minimum absolute atomic E-state index is 0.0381. The van der Waals surface area contributed by atoms with Crippen LogP contribution in [0.3, 0.4) is 0 Å². The maximum Gasteiger partial charge on any atom is 0.254 e. The molecule has 0 bridgehead atoms. The Labute approximate surface area is 159 Å². The van der Waals surface area contributed by atoms with Crippen molar-refractivity contribution >= 4 is 17.5 Å². The molecule has 1 saturated heterocycles. The van der Waals surface area contributed by atoms with Gasteiger partial charge in [0.05, 0.1) is 5.02 Å². The van der Waals surface area contributed by atoms with E-state index in [-0.39, 0.29) is 11.9 Å². The summed E-state index contributed by atoms with van der Waals surface area (Å²) in [6, 6.07) is 9.04. The number of carbonyl (C=O) groups excluding carboxylic acids is 1. The summed E-state index contributed by atoms with van der Waals surface area (Å²) in [6.07, 6.45) is 6.23. The van der Waals surface area contributed by atoms with E-state index in [4.69, 9.17) is 16.3 Å². The van der Waals surface area contributed by atoms with Gasteiger partial charge in [0.2, 0.25) is 0 Å². The zero-order valence-corrected chi connectivity index (χ0v) is 15.7. The molecule has 0 radical (unpaired) electrons. The number of halogens is 1. The van der Waals surface area contributed by atoms with Gasteiger partial charge >= 0.3 is 0 Å². The molecule has 1 aromatic carbocycles. The van der Waals surface area contributed by atoms with Gasteiger partial charge in [0.25, 0.3) is 5.91 Å². The molecule has 1 aliphatic rings. The number of aromatic nitrogens is 1. The van der Waals surface area contributed by atoms with Crippen LogP contribution >= 0.6 is 11.6 Å². The van der Waals surface area contributed by atoms with Crippen molar-refractivity contribution in [2.75, 3.05) is 19.6 Å². The third kappa shape index (κ3) is 4.54. The highest BCUT2D eigenvalue weighted by atomic mass is 35.5. The van der Waals surface area contributed by atoms with E-state index in [0.717, 1.165) is 38.9 Å². The van der Waals surface area contributed by atoms with E-state index in [1.165, 1.54) is 0 Å². The fraction of sp³-hybridized carbons (Fsp3) is 0.400. The zero-order valence-electron chi connectivity index (χ0n) is 15.0. The van der Waals surface area contributed by atoms with E-state index in [1.807, 2.05) is 4.90 Å². The SMILES string of the molecule is CCCN(C(=O)c1ccc(Oc2ccncc2)c(Cl)c1)C1CCNCC1. The molecule has 1 aromatic heterocycles. The highest BCUT2D eigenvalue weighted by Crippen LogP contribution is 2.30. The van der Waals surface area contributed by atoms with Crippen molar-refractivity contribution in [2.45, 2.75) is 32.2 Å². The molecule has 0 aliphatic carbocycles. The van der Waals surface area contributed by atoms with E-state index in [1.54, 1.807) is 42.7 Å². The summed E-state index contributed by atoms with van der Waals surface area (Å²) in [6.45, 7) is 4.77. The van der Waals surface area contributed by atoms with Crippen LogP contribution in [0.5, 0.6) is 11.5 Å². The molecule has 0 atom stereocenters. The van der Waals surface area contributed by atoms with Crippen molar-refractivity contribution in [1.82, 2.24) is 15.2 Å². The number of amides is 1. The van der Waals surface area contributed by atoms with Gasteiger partial charge in [-0.15, -0.1) is 0 Å². The molecule has 6 heteroatoms. The second-order valence-corrected chi connectivity index (χ2v) is 6.82. The first-order valence-corrected chi connectivity index (χ1v) is 9.46. The fourth-order valence-electron chi connectivity index (χ4n) is 3.22.